The molecule has 2 heterocycles. The molecule has 2 N–H and O–H groups in total. The number of anilines is 1. The van der Waals surface area contributed by atoms with Crippen molar-refractivity contribution in [1.82, 2.24) is 0 Å². The maximum Gasteiger partial charge on any atom is 0.337 e. The lowest BCUT2D eigenvalue weighted by molar-refractivity contribution is 0.0697. The molecule has 0 spiro atoms. The van der Waals surface area contributed by atoms with Crippen LogP contribution in [0.25, 0.3) is 11.1 Å². The molecule has 7 heteroatoms. The fourth-order valence-corrected chi connectivity index (χ4v) is 6.27. The largest absolute Gasteiger partial charge is 0.497 e. The van der Waals surface area contributed by atoms with E-state index < -0.39 is 11.5 Å². The number of nitrogens with zero attached hydrogens (tertiary/aromatic N) is 1. The first-order valence-corrected chi connectivity index (χ1v) is 10.9. The van der Waals surface area contributed by atoms with Gasteiger partial charge in [0.1, 0.15) is 10.4 Å². The molecule has 28 heavy (non-hydrogen) atoms. The number of carboxylic acid groups (broad SMARTS) is 1. The number of hydrogen-bond acceptors (Lipinski definition) is 6. The number of rotatable bonds is 3. The normalized spacial score (nSPS) is 14.8. The SMILES string of the molecule is COc1cc(C(=O)O)c2c(c1)-c1c(ssc1=Nc1ccc(C)cc1)C(C)(C)N2. The maximum atomic E-state index is 11.9. The Bertz CT molecular complexity index is 1140. The van der Waals surface area contributed by atoms with Crippen LogP contribution >= 0.6 is 20.7 Å². The summed E-state index contributed by atoms with van der Waals surface area (Å²) in [5.74, 6) is -0.473. The van der Waals surface area contributed by atoms with Gasteiger partial charge < -0.3 is 15.2 Å². The zero-order valence-electron chi connectivity index (χ0n) is 16.0. The Labute approximate surface area is 170 Å². The van der Waals surface area contributed by atoms with E-state index >= 15 is 0 Å². The third kappa shape index (κ3) is 3.10. The molecule has 0 saturated carbocycles. The zero-order valence-corrected chi connectivity index (χ0v) is 17.6. The van der Waals surface area contributed by atoms with Crippen LogP contribution in [0.5, 0.6) is 5.75 Å². The molecule has 4 rings (SSSR count). The third-order valence-corrected chi connectivity index (χ3v) is 7.40. The van der Waals surface area contributed by atoms with Crippen LogP contribution in [0.2, 0.25) is 0 Å². The lowest BCUT2D eigenvalue weighted by Gasteiger charge is -2.34. The molecule has 1 aliphatic heterocycles. The third-order valence-electron chi connectivity index (χ3n) is 4.76. The molecule has 0 unspecified atom stereocenters. The van der Waals surface area contributed by atoms with Crippen molar-refractivity contribution in [1.29, 1.82) is 0 Å². The van der Waals surface area contributed by atoms with E-state index in [-0.39, 0.29) is 5.56 Å². The van der Waals surface area contributed by atoms with Crippen LogP contribution in [0.15, 0.2) is 41.4 Å². The van der Waals surface area contributed by atoms with Crippen molar-refractivity contribution in [3.05, 3.63) is 57.1 Å². The molecule has 2 aromatic carbocycles. The van der Waals surface area contributed by atoms with Crippen LogP contribution < -0.4 is 14.7 Å². The van der Waals surface area contributed by atoms with Gasteiger partial charge in [-0.25, -0.2) is 9.79 Å². The van der Waals surface area contributed by atoms with Crippen LogP contribution in [-0.2, 0) is 5.54 Å². The van der Waals surface area contributed by atoms with Crippen LogP contribution in [0, 0.1) is 6.92 Å². The standard InChI is InChI=1S/C21H20N2O3S2/c1-11-5-7-12(8-6-11)22-19-16-14-9-13(26-4)10-15(20(24)25)17(14)23-21(2,3)18(16)27-28-19/h5-10,23H,1-4H3,(H,24,25). The fourth-order valence-electron chi connectivity index (χ4n) is 3.33. The monoisotopic (exact) mass is 412 g/mol. The Kier molecular flexibility index (Phi) is 4.51. The van der Waals surface area contributed by atoms with Crippen LogP contribution in [0.1, 0.15) is 34.6 Å². The summed E-state index contributed by atoms with van der Waals surface area (Å²) >= 11 is 0. The molecule has 144 valence electrons. The number of fused-ring (bicyclic) bond motifs is 3. The highest BCUT2D eigenvalue weighted by Gasteiger charge is 2.36. The first kappa shape index (κ1) is 18.7. The number of carbonyl (C=O) groups is 1. The summed E-state index contributed by atoms with van der Waals surface area (Å²) in [7, 11) is 4.82. The van der Waals surface area contributed by atoms with Crippen molar-refractivity contribution in [2.24, 2.45) is 4.99 Å². The van der Waals surface area contributed by atoms with Crippen LogP contribution in [0.3, 0.4) is 0 Å². The van der Waals surface area contributed by atoms with Gasteiger partial charge in [-0.15, -0.1) is 0 Å². The number of carboxylic acids is 1. The molecule has 0 atom stereocenters. The maximum absolute atomic E-state index is 11.9. The lowest BCUT2D eigenvalue weighted by atomic mass is 9.88. The van der Waals surface area contributed by atoms with E-state index in [4.69, 9.17) is 9.73 Å². The average Bonchev–Trinajstić information content (AvgIpc) is 3.08. The molecular weight excluding hydrogens is 392 g/mol. The Morgan fingerprint density at radius 3 is 2.54 bits per heavy atom. The van der Waals surface area contributed by atoms with E-state index in [2.05, 4.69) is 19.2 Å². The van der Waals surface area contributed by atoms with Gasteiger partial charge in [0.05, 0.1) is 34.5 Å². The minimum atomic E-state index is -0.988. The van der Waals surface area contributed by atoms with Gasteiger partial charge in [0.25, 0.3) is 0 Å². The van der Waals surface area contributed by atoms with Crippen LogP contribution in [0.4, 0.5) is 11.4 Å². The Balaban J connectivity index is 2.03. The summed E-state index contributed by atoms with van der Waals surface area (Å²) in [5, 5.41) is 13.2. The molecule has 0 bridgehead atoms. The molecule has 0 fully saturated rings. The molecule has 0 radical (unpaired) electrons. The smallest absolute Gasteiger partial charge is 0.337 e. The quantitative estimate of drug-likeness (QED) is 0.566. The highest BCUT2D eigenvalue weighted by Crippen LogP contribution is 2.48. The molecule has 0 amide bonds. The lowest BCUT2D eigenvalue weighted by Crippen LogP contribution is -2.32. The van der Waals surface area contributed by atoms with Gasteiger partial charge in [-0.2, -0.15) is 0 Å². The Morgan fingerprint density at radius 1 is 1.18 bits per heavy atom. The van der Waals surface area contributed by atoms with E-state index in [1.165, 1.54) is 5.56 Å². The number of nitrogens with one attached hydrogen (secondary N) is 1. The second-order valence-electron chi connectivity index (χ2n) is 7.28. The van der Waals surface area contributed by atoms with E-state index in [0.29, 0.717) is 11.4 Å². The number of methoxy groups -OCH3 is 1. The highest BCUT2D eigenvalue weighted by atomic mass is 32.9. The minimum absolute atomic E-state index is 0.200. The van der Waals surface area contributed by atoms with Crippen molar-refractivity contribution >= 4 is 38.0 Å². The van der Waals surface area contributed by atoms with Crippen molar-refractivity contribution in [2.45, 2.75) is 26.3 Å². The summed E-state index contributed by atoms with van der Waals surface area (Å²) in [6.07, 6.45) is 0. The van der Waals surface area contributed by atoms with Crippen molar-refractivity contribution in [3.8, 4) is 16.9 Å². The van der Waals surface area contributed by atoms with Gasteiger partial charge in [-0.3, -0.25) is 0 Å². The summed E-state index contributed by atoms with van der Waals surface area (Å²) in [6, 6.07) is 11.5. The van der Waals surface area contributed by atoms with E-state index in [0.717, 1.165) is 26.4 Å². The number of aromatic carboxylic acids is 1. The summed E-state index contributed by atoms with van der Waals surface area (Å²) in [4.78, 5) is 17.9. The predicted octanol–water partition coefficient (Wildman–Crippen LogP) is 5.38. The second-order valence-corrected chi connectivity index (χ2v) is 9.40. The average molecular weight is 413 g/mol. The number of hydrogen-bond donors (Lipinski definition) is 2. The van der Waals surface area contributed by atoms with Gasteiger partial charge in [0.15, 0.2) is 0 Å². The number of ether oxygens (including phenoxy) is 1. The summed E-state index contributed by atoms with van der Waals surface area (Å²) < 4.78 is 6.25. The molecule has 1 aromatic heterocycles. The number of benzene rings is 2. The fraction of sp³-hybridized carbons (Fsp3) is 0.238. The van der Waals surface area contributed by atoms with Gasteiger partial charge in [-0.05, 0) is 45.0 Å². The van der Waals surface area contributed by atoms with E-state index in [1.54, 1.807) is 33.9 Å². The zero-order chi connectivity index (χ0) is 20.1. The Hall–Kier alpha value is -2.64. The van der Waals surface area contributed by atoms with Crippen molar-refractivity contribution in [3.63, 3.8) is 0 Å². The first-order valence-electron chi connectivity index (χ1n) is 8.79. The molecular formula is C21H20N2O3S2. The molecule has 5 nitrogen and oxygen atoms in total. The molecule has 3 aromatic rings. The molecule has 0 saturated heterocycles. The van der Waals surface area contributed by atoms with Crippen molar-refractivity contribution in [2.75, 3.05) is 12.4 Å². The van der Waals surface area contributed by atoms with Crippen LogP contribution in [-0.4, -0.2) is 18.2 Å². The second kappa shape index (κ2) is 6.76. The van der Waals surface area contributed by atoms with E-state index in [1.807, 2.05) is 37.3 Å². The van der Waals surface area contributed by atoms with Gasteiger partial charge >= 0.3 is 5.97 Å². The van der Waals surface area contributed by atoms with Gasteiger partial charge in [-0.1, -0.05) is 38.4 Å². The first-order chi connectivity index (χ1) is 13.3. The predicted molar refractivity (Wildman–Crippen MR) is 114 cm³/mol. The van der Waals surface area contributed by atoms with Gasteiger partial charge in [0, 0.05) is 11.1 Å². The Morgan fingerprint density at radius 2 is 1.89 bits per heavy atom. The summed E-state index contributed by atoms with van der Waals surface area (Å²) in [5.41, 5.74) is 4.26. The minimum Gasteiger partial charge on any atom is -0.497 e. The highest BCUT2D eigenvalue weighted by molar-refractivity contribution is 7.68. The number of aryl methyl sites for hydroxylation is 1. The molecule has 1 aliphatic rings. The molecule has 0 aliphatic carbocycles. The summed E-state index contributed by atoms with van der Waals surface area (Å²) in [6.45, 7) is 6.16. The van der Waals surface area contributed by atoms with Gasteiger partial charge in [0.2, 0.25) is 0 Å². The van der Waals surface area contributed by atoms with E-state index in [9.17, 15) is 9.90 Å². The topological polar surface area (TPSA) is 70.9 Å². The van der Waals surface area contributed by atoms with Crippen molar-refractivity contribution < 1.29 is 14.6 Å².